The molecule has 0 radical (unpaired) electrons. The van der Waals surface area contributed by atoms with Gasteiger partial charge in [0.1, 0.15) is 5.00 Å². The number of rotatable bonds is 6. The summed E-state index contributed by atoms with van der Waals surface area (Å²) in [5, 5.41) is 5.36. The van der Waals surface area contributed by atoms with Crippen molar-refractivity contribution >= 4 is 44.1 Å². The van der Waals surface area contributed by atoms with Gasteiger partial charge in [0.25, 0.3) is 5.91 Å². The standard InChI is InChI=1S/C20H22N2O6S2/c1-3-28-20(25)22-18(24)17-14-5-4-6-15(14)29-19(17)21-16(23)11-12-7-9-13(10-8-12)30(2,26)27/h7-10H,3-6,11H2,1-2H3,(H,21,23)(H,22,24,25). The van der Waals surface area contributed by atoms with E-state index in [1.165, 1.54) is 23.5 Å². The summed E-state index contributed by atoms with van der Waals surface area (Å²) in [4.78, 5) is 38.0. The van der Waals surface area contributed by atoms with Gasteiger partial charge in [0.05, 0.1) is 23.5 Å². The van der Waals surface area contributed by atoms with Crippen LogP contribution in [-0.2, 0) is 38.6 Å². The van der Waals surface area contributed by atoms with Crippen molar-refractivity contribution in [3.8, 4) is 0 Å². The first-order valence-corrected chi connectivity index (χ1v) is 12.1. The lowest BCUT2D eigenvalue weighted by atomic mass is 10.1. The minimum absolute atomic E-state index is 0.0194. The molecule has 3 rings (SSSR count). The highest BCUT2D eigenvalue weighted by Crippen LogP contribution is 2.39. The Bertz CT molecular complexity index is 1090. The number of nitrogens with one attached hydrogen (secondary N) is 2. The molecule has 160 valence electrons. The average molecular weight is 451 g/mol. The van der Waals surface area contributed by atoms with Crippen molar-refractivity contribution in [3.63, 3.8) is 0 Å². The summed E-state index contributed by atoms with van der Waals surface area (Å²) in [7, 11) is -3.31. The number of alkyl carbamates (subject to hydrolysis) is 1. The number of hydrogen-bond donors (Lipinski definition) is 2. The number of carbonyl (C=O) groups excluding carboxylic acids is 3. The number of benzene rings is 1. The highest BCUT2D eigenvalue weighted by Gasteiger charge is 2.28. The molecule has 2 aromatic rings. The van der Waals surface area contributed by atoms with Gasteiger partial charge in [-0.25, -0.2) is 13.2 Å². The Labute approximate surface area is 178 Å². The van der Waals surface area contributed by atoms with Gasteiger partial charge in [0, 0.05) is 11.1 Å². The zero-order valence-corrected chi connectivity index (χ0v) is 18.2. The molecule has 0 atom stereocenters. The Morgan fingerprint density at radius 2 is 1.83 bits per heavy atom. The summed E-state index contributed by atoms with van der Waals surface area (Å²) in [6, 6.07) is 6.07. The molecule has 1 heterocycles. The van der Waals surface area contributed by atoms with Gasteiger partial charge in [-0.1, -0.05) is 12.1 Å². The van der Waals surface area contributed by atoms with E-state index >= 15 is 0 Å². The van der Waals surface area contributed by atoms with Gasteiger partial charge < -0.3 is 10.1 Å². The van der Waals surface area contributed by atoms with E-state index in [1.54, 1.807) is 19.1 Å². The van der Waals surface area contributed by atoms with E-state index in [2.05, 4.69) is 10.6 Å². The molecule has 0 saturated carbocycles. The second-order valence-corrected chi connectivity index (χ2v) is 10.00. The first-order valence-electron chi connectivity index (χ1n) is 9.40. The summed E-state index contributed by atoms with van der Waals surface area (Å²) in [6.45, 7) is 1.78. The van der Waals surface area contributed by atoms with Crippen LogP contribution in [0.25, 0.3) is 0 Å². The maximum Gasteiger partial charge on any atom is 0.414 e. The molecule has 30 heavy (non-hydrogen) atoms. The Hall–Kier alpha value is -2.72. The number of sulfone groups is 1. The van der Waals surface area contributed by atoms with Crippen LogP contribution in [0.15, 0.2) is 29.2 Å². The van der Waals surface area contributed by atoms with Crippen LogP contribution in [0.5, 0.6) is 0 Å². The number of ether oxygens (including phenoxy) is 1. The fourth-order valence-corrected chi connectivity index (χ4v) is 5.20. The van der Waals surface area contributed by atoms with E-state index in [4.69, 9.17) is 4.74 Å². The third-order valence-corrected chi connectivity index (χ3v) is 6.94. The second kappa shape index (κ2) is 8.97. The molecule has 8 nitrogen and oxygen atoms in total. The molecule has 10 heteroatoms. The molecule has 0 bridgehead atoms. The predicted molar refractivity (Wildman–Crippen MR) is 113 cm³/mol. The van der Waals surface area contributed by atoms with Gasteiger partial charge in [-0.15, -0.1) is 11.3 Å². The fraction of sp³-hybridized carbons (Fsp3) is 0.350. The topological polar surface area (TPSA) is 119 Å². The van der Waals surface area contributed by atoms with Gasteiger partial charge in [-0.2, -0.15) is 0 Å². The van der Waals surface area contributed by atoms with Crippen LogP contribution in [0.3, 0.4) is 0 Å². The van der Waals surface area contributed by atoms with E-state index in [9.17, 15) is 22.8 Å². The summed E-state index contributed by atoms with van der Waals surface area (Å²) < 4.78 is 27.9. The minimum Gasteiger partial charge on any atom is -0.450 e. The molecule has 2 N–H and O–H groups in total. The fourth-order valence-electron chi connectivity index (χ4n) is 3.27. The average Bonchev–Trinajstić information content (AvgIpc) is 3.21. The van der Waals surface area contributed by atoms with Crippen molar-refractivity contribution in [3.05, 3.63) is 45.8 Å². The number of thiophene rings is 1. The third kappa shape index (κ3) is 5.06. The van der Waals surface area contributed by atoms with Crippen molar-refractivity contribution in [2.24, 2.45) is 0 Å². The molecule has 3 amide bonds. The van der Waals surface area contributed by atoms with Crippen LogP contribution < -0.4 is 10.6 Å². The number of fused-ring (bicyclic) bond motifs is 1. The lowest BCUT2D eigenvalue weighted by Gasteiger charge is -2.09. The van der Waals surface area contributed by atoms with Crippen molar-refractivity contribution < 1.29 is 27.5 Å². The lowest BCUT2D eigenvalue weighted by molar-refractivity contribution is -0.115. The van der Waals surface area contributed by atoms with Crippen LogP contribution in [0.4, 0.5) is 9.80 Å². The third-order valence-electron chi connectivity index (χ3n) is 4.61. The number of anilines is 1. The zero-order chi connectivity index (χ0) is 21.9. The SMILES string of the molecule is CCOC(=O)NC(=O)c1c(NC(=O)Cc2ccc(S(C)(=O)=O)cc2)sc2c1CCC2. The number of imide groups is 1. The molecule has 0 unspecified atom stereocenters. The Morgan fingerprint density at radius 3 is 2.47 bits per heavy atom. The monoisotopic (exact) mass is 450 g/mol. The van der Waals surface area contributed by atoms with Crippen molar-refractivity contribution in [1.29, 1.82) is 0 Å². The summed E-state index contributed by atoms with van der Waals surface area (Å²) in [5.74, 6) is -0.937. The normalized spacial score (nSPS) is 12.9. The van der Waals surface area contributed by atoms with Crippen molar-refractivity contribution in [1.82, 2.24) is 5.32 Å². The molecule has 0 aliphatic heterocycles. The molecule has 1 aromatic heterocycles. The van der Waals surface area contributed by atoms with Gasteiger partial charge in [0.15, 0.2) is 9.84 Å². The van der Waals surface area contributed by atoms with Crippen LogP contribution >= 0.6 is 11.3 Å². The Morgan fingerprint density at radius 1 is 1.13 bits per heavy atom. The minimum atomic E-state index is -3.31. The number of amides is 3. The van der Waals surface area contributed by atoms with Crippen LogP contribution in [0.2, 0.25) is 0 Å². The number of hydrogen-bond acceptors (Lipinski definition) is 7. The van der Waals surface area contributed by atoms with Gasteiger partial charge >= 0.3 is 6.09 Å². The maximum absolute atomic E-state index is 12.6. The van der Waals surface area contributed by atoms with Crippen molar-refractivity contribution in [2.75, 3.05) is 18.2 Å². The van der Waals surface area contributed by atoms with E-state index in [-0.39, 0.29) is 23.8 Å². The molecular formula is C20H22N2O6S2. The van der Waals surface area contributed by atoms with Gasteiger partial charge in [-0.3, -0.25) is 14.9 Å². The number of carbonyl (C=O) groups is 3. The van der Waals surface area contributed by atoms with E-state index in [0.29, 0.717) is 22.5 Å². The molecule has 0 saturated heterocycles. The first kappa shape index (κ1) is 22.0. The molecule has 0 fully saturated rings. The second-order valence-electron chi connectivity index (χ2n) is 6.88. The highest BCUT2D eigenvalue weighted by molar-refractivity contribution is 7.90. The highest BCUT2D eigenvalue weighted by atomic mass is 32.2. The predicted octanol–water partition coefficient (Wildman–Crippen LogP) is 2.71. The Balaban J connectivity index is 1.75. The van der Waals surface area contributed by atoms with Crippen LogP contribution in [0.1, 0.15) is 39.7 Å². The zero-order valence-electron chi connectivity index (χ0n) is 16.6. The quantitative estimate of drug-likeness (QED) is 0.699. The number of aryl methyl sites for hydroxylation is 1. The maximum atomic E-state index is 12.6. The van der Waals surface area contributed by atoms with E-state index in [0.717, 1.165) is 29.5 Å². The summed E-state index contributed by atoms with van der Waals surface area (Å²) in [6.07, 6.45) is 2.76. The van der Waals surface area contributed by atoms with Gasteiger partial charge in [-0.05, 0) is 49.4 Å². The van der Waals surface area contributed by atoms with Crippen LogP contribution in [-0.4, -0.2) is 39.2 Å². The summed E-state index contributed by atoms with van der Waals surface area (Å²) >= 11 is 1.34. The lowest BCUT2D eigenvalue weighted by Crippen LogP contribution is -2.32. The first-order chi connectivity index (χ1) is 14.2. The Kier molecular flexibility index (Phi) is 6.57. The molecule has 1 aliphatic rings. The molecule has 1 aromatic carbocycles. The molecular weight excluding hydrogens is 428 g/mol. The van der Waals surface area contributed by atoms with E-state index in [1.807, 2.05) is 0 Å². The molecule has 0 spiro atoms. The largest absolute Gasteiger partial charge is 0.450 e. The smallest absolute Gasteiger partial charge is 0.414 e. The summed E-state index contributed by atoms with van der Waals surface area (Å²) in [5.41, 5.74) is 1.80. The van der Waals surface area contributed by atoms with Crippen LogP contribution in [0, 0.1) is 0 Å². The van der Waals surface area contributed by atoms with Crippen molar-refractivity contribution in [2.45, 2.75) is 37.5 Å². The van der Waals surface area contributed by atoms with Gasteiger partial charge in [0.2, 0.25) is 5.91 Å². The van der Waals surface area contributed by atoms with E-state index < -0.39 is 21.8 Å². The molecule has 1 aliphatic carbocycles.